The molecule has 2 aromatic rings. The monoisotopic (exact) mass is 366 g/mol. The first-order valence-corrected chi connectivity index (χ1v) is 7.32. The second kappa shape index (κ2) is 7.70. The maximum Gasteiger partial charge on any atom is 0.335 e. The van der Waals surface area contributed by atoms with Gasteiger partial charge in [-0.3, -0.25) is 0 Å². The summed E-state index contributed by atoms with van der Waals surface area (Å²) in [4.78, 5) is 11.0. The van der Waals surface area contributed by atoms with Crippen LogP contribution in [0, 0.1) is 0 Å². The third kappa shape index (κ3) is 4.14. The van der Waals surface area contributed by atoms with Crippen molar-refractivity contribution in [2.24, 2.45) is 0 Å². The summed E-state index contributed by atoms with van der Waals surface area (Å²) in [5, 5.41) is 9.02. The summed E-state index contributed by atoms with van der Waals surface area (Å²) >= 11 is 3.29. The third-order valence-corrected chi connectivity index (χ3v) is 3.41. The highest BCUT2D eigenvalue weighted by Gasteiger charge is 2.15. The van der Waals surface area contributed by atoms with E-state index in [-0.39, 0.29) is 5.56 Å². The standard InChI is InChI=1S/C16H15BrO5/c1-20-14-10-11(16(18)19)9-13(17)15(14)22-8-7-21-12-5-3-2-4-6-12/h2-6,9-10H,7-8H2,1H3,(H,18,19). The smallest absolute Gasteiger partial charge is 0.335 e. The molecule has 0 spiro atoms. The summed E-state index contributed by atoms with van der Waals surface area (Å²) in [6.45, 7) is 0.663. The lowest BCUT2D eigenvalue weighted by Crippen LogP contribution is -2.10. The summed E-state index contributed by atoms with van der Waals surface area (Å²) < 4.78 is 16.8. The number of ether oxygens (including phenoxy) is 3. The van der Waals surface area contributed by atoms with Crippen LogP contribution < -0.4 is 14.2 Å². The minimum atomic E-state index is -1.03. The van der Waals surface area contributed by atoms with E-state index in [0.29, 0.717) is 29.2 Å². The Morgan fingerprint density at radius 3 is 2.45 bits per heavy atom. The molecule has 0 heterocycles. The Kier molecular flexibility index (Phi) is 5.66. The first-order chi connectivity index (χ1) is 10.6. The van der Waals surface area contributed by atoms with Gasteiger partial charge in [-0.05, 0) is 40.2 Å². The zero-order chi connectivity index (χ0) is 15.9. The van der Waals surface area contributed by atoms with Crippen LogP contribution in [0.4, 0.5) is 0 Å². The van der Waals surface area contributed by atoms with E-state index >= 15 is 0 Å². The predicted octanol–water partition coefficient (Wildman–Crippen LogP) is 3.61. The van der Waals surface area contributed by atoms with Gasteiger partial charge in [0, 0.05) is 0 Å². The molecule has 0 bridgehead atoms. The van der Waals surface area contributed by atoms with Crippen LogP contribution in [0.3, 0.4) is 0 Å². The topological polar surface area (TPSA) is 65.0 Å². The Morgan fingerprint density at radius 1 is 1.14 bits per heavy atom. The molecule has 0 aromatic heterocycles. The van der Waals surface area contributed by atoms with Crippen molar-refractivity contribution in [1.82, 2.24) is 0 Å². The second-order valence-corrected chi connectivity index (χ2v) is 5.16. The number of rotatable bonds is 7. The first kappa shape index (κ1) is 16.2. The van der Waals surface area contributed by atoms with Crippen LogP contribution in [0.1, 0.15) is 10.4 Å². The van der Waals surface area contributed by atoms with Gasteiger partial charge in [-0.2, -0.15) is 0 Å². The van der Waals surface area contributed by atoms with Gasteiger partial charge in [-0.15, -0.1) is 0 Å². The van der Waals surface area contributed by atoms with Gasteiger partial charge in [0.2, 0.25) is 0 Å². The molecular weight excluding hydrogens is 352 g/mol. The van der Waals surface area contributed by atoms with Crippen molar-refractivity contribution in [3.05, 3.63) is 52.5 Å². The number of hydrogen-bond donors (Lipinski definition) is 1. The van der Waals surface area contributed by atoms with Gasteiger partial charge in [0.1, 0.15) is 19.0 Å². The highest BCUT2D eigenvalue weighted by atomic mass is 79.9. The van der Waals surface area contributed by atoms with Gasteiger partial charge in [-0.1, -0.05) is 18.2 Å². The molecule has 0 aliphatic heterocycles. The summed E-state index contributed by atoms with van der Waals surface area (Å²) in [6, 6.07) is 12.3. The van der Waals surface area contributed by atoms with E-state index in [1.807, 2.05) is 30.3 Å². The minimum Gasteiger partial charge on any atom is -0.493 e. The normalized spacial score (nSPS) is 10.1. The van der Waals surface area contributed by atoms with E-state index in [0.717, 1.165) is 5.75 Å². The molecule has 2 aromatic carbocycles. The van der Waals surface area contributed by atoms with Crippen molar-refractivity contribution >= 4 is 21.9 Å². The quantitative estimate of drug-likeness (QED) is 0.758. The van der Waals surface area contributed by atoms with Crippen molar-refractivity contribution in [2.45, 2.75) is 0 Å². The van der Waals surface area contributed by atoms with Crippen LogP contribution in [-0.4, -0.2) is 31.4 Å². The molecule has 0 radical (unpaired) electrons. The lowest BCUT2D eigenvalue weighted by molar-refractivity contribution is 0.0696. The van der Waals surface area contributed by atoms with Gasteiger partial charge in [-0.25, -0.2) is 4.79 Å². The number of hydrogen-bond acceptors (Lipinski definition) is 4. The van der Waals surface area contributed by atoms with Crippen LogP contribution in [0.25, 0.3) is 0 Å². The lowest BCUT2D eigenvalue weighted by Gasteiger charge is -2.14. The molecule has 0 saturated heterocycles. The van der Waals surface area contributed by atoms with Crippen molar-refractivity contribution in [3.63, 3.8) is 0 Å². The van der Waals surface area contributed by atoms with Crippen molar-refractivity contribution in [3.8, 4) is 17.2 Å². The molecular formula is C16H15BrO5. The molecule has 0 aliphatic rings. The zero-order valence-corrected chi connectivity index (χ0v) is 13.5. The highest BCUT2D eigenvalue weighted by Crippen LogP contribution is 2.36. The number of carboxylic acids is 1. The van der Waals surface area contributed by atoms with Gasteiger partial charge in [0.05, 0.1) is 17.1 Å². The van der Waals surface area contributed by atoms with Gasteiger partial charge in [0.15, 0.2) is 11.5 Å². The lowest BCUT2D eigenvalue weighted by atomic mass is 10.2. The summed E-state index contributed by atoms with van der Waals surface area (Å²) in [5.74, 6) is 0.534. The number of aromatic carboxylic acids is 1. The summed E-state index contributed by atoms with van der Waals surface area (Å²) in [6.07, 6.45) is 0. The van der Waals surface area contributed by atoms with Crippen LogP contribution >= 0.6 is 15.9 Å². The van der Waals surface area contributed by atoms with E-state index in [2.05, 4.69) is 15.9 Å². The van der Waals surface area contributed by atoms with E-state index < -0.39 is 5.97 Å². The molecule has 0 saturated carbocycles. The number of carbonyl (C=O) groups is 1. The average Bonchev–Trinajstić information content (AvgIpc) is 2.53. The SMILES string of the molecule is COc1cc(C(=O)O)cc(Br)c1OCCOc1ccccc1. The molecule has 1 N–H and O–H groups in total. The van der Waals surface area contributed by atoms with Crippen molar-refractivity contribution in [2.75, 3.05) is 20.3 Å². The number of carboxylic acid groups (broad SMARTS) is 1. The van der Waals surface area contributed by atoms with E-state index in [1.54, 1.807) is 0 Å². The Balaban J connectivity index is 1.99. The maximum atomic E-state index is 11.0. The van der Waals surface area contributed by atoms with Crippen LogP contribution in [0.2, 0.25) is 0 Å². The summed E-state index contributed by atoms with van der Waals surface area (Å²) in [5.41, 5.74) is 0.122. The predicted molar refractivity (Wildman–Crippen MR) is 85.1 cm³/mol. The molecule has 116 valence electrons. The van der Waals surface area contributed by atoms with Gasteiger partial charge < -0.3 is 19.3 Å². The molecule has 22 heavy (non-hydrogen) atoms. The highest BCUT2D eigenvalue weighted by molar-refractivity contribution is 9.10. The molecule has 0 atom stereocenters. The number of para-hydroxylation sites is 1. The van der Waals surface area contributed by atoms with Crippen LogP contribution in [0.15, 0.2) is 46.9 Å². The molecule has 0 fully saturated rings. The largest absolute Gasteiger partial charge is 0.493 e. The van der Waals surface area contributed by atoms with E-state index in [9.17, 15) is 4.79 Å². The fourth-order valence-corrected chi connectivity index (χ4v) is 2.36. The first-order valence-electron chi connectivity index (χ1n) is 6.53. The number of methoxy groups -OCH3 is 1. The average molecular weight is 367 g/mol. The molecule has 0 amide bonds. The molecule has 5 nitrogen and oxygen atoms in total. The Bertz CT molecular complexity index is 642. The van der Waals surface area contributed by atoms with Crippen LogP contribution in [0.5, 0.6) is 17.2 Å². The molecule has 2 rings (SSSR count). The molecule has 0 aliphatic carbocycles. The minimum absolute atomic E-state index is 0.122. The van der Waals surface area contributed by atoms with Gasteiger partial charge >= 0.3 is 5.97 Å². The van der Waals surface area contributed by atoms with E-state index in [1.165, 1.54) is 19.2 Å². The fraction of sp³-hybridized carbons (Fsp3) is 0.188. The third-order valence-electron chi connectivity index (χ3n) is 2.82. The van der Waals surface area contributed by atoms with E-state index in [4.69, 9.17) is 19.3 Å². The zero-order valence-electron chi connectivity index (χ0n) is 11.9. The maximum absolute atomic E-state index is 11.0. The number of halogens is 1. The Labute approximate surface area is 136 Å². The van der Waals surface area contributed by atoms with Crippen molar-refractivity contribution < 1.29 is 24.1 Å². The van der Waals surface area contributed by atoms with Gasteiger partial charge in [0.25, 0.3) is 0 Å². The Morgan fingerprint density at radius 2 is 1.82 bits per heavy atom. The molecule has 0 unspecified atom stereocenters. The second-order valence-electron chi connectivity index (χ2n) is 4.30. The fourth-order valence-electron chi connectivity index (χ4n) is 1.80. The molecule has 6 heteroatoms. The Hall–Kier alpha value is -2.21. The van der Waals surface area contributed by atoms with Crippen LogP contribution in [-0.2, 0) is 0 Å². The summed E-state index contributed by atoms with van der Waals surface area (Å²) in [7, 11) is 1.46. The van der Waals surface area contributed by atoms with Crippen molar-refractivity contribution in [1.29, 1.82) is 0 Å². The number of benzene rings is 2.